The summed E-state index contributed by atoms with van der Waals surface area (Å²) in [6.07, 6.45) is 8.20. The fourth-order valence-corrected chi connectivity index (χ4v) is 9.80. The number of alkyl carbamates (subject to hydrolysis) is 2. The fraction of sp³-hybridized carbons (Fsp3) is 0.422. The largest absolute Gasteiger partial charge is 0.478 e. The van der Waals surface area contributed by atoms with Crippen LogP contribution in [0, 0.1) is 0 Å². The summed E-state index contributed by atoms with van der Waals surface area (Å²) in [6.45, 7) is 13.7. The van der Waals surface area contributed by atoms with Gasteiger partial charge in [0, 0.05) is 131 Å². The second-order valence-electron chi connectivity index (χ2n) is 22.6. The van der Waals surface area contributed by atoms with Crippen molar-refractivity contribution >= 4 is 68.7 Å². The number of carbonyl (C=O) groups excluding carboxylic acids is 5. The number of nitrogens with zero attached hydrogens (tertiary/aromatic N) is 8. The number of hydrogen-bond acceptors (Lipinski definition) is 19. The number of nitrogens with one attached hydrogen (secondary N) is 3. The van der Waals surface area contributed by atoms with Crippen LogP contribution in [0.1, 0.15) is 125 Å². The molecule has 3 aromatic carbocycles. The van der Waals surface area contributed by atoms with Gasteiger partial charge in [0.05, 0.1) is 38.7 Å². The summed E-state index contributed by atoms with van der Waals surface area (Å²) in [7, 11) is 8.65. The first-order valence-electron chi connectivity index (χ1n) is 29.0. The van der Waals surface area contributed by atoms with Crippen LogP contribution in [0.25, 0.3) is 33.1 Å². The van der Waals surface area contributed by atoms with Crippen molar-refractivity contribution in [3.63, 3.8) is 0 Å². The minimum absolute atomic E-state index is 0.0264. The molecule has 0 unspecified atom stereocenters. The molecule has 480 valence electrons. The molecule has 5 aromatic heterocycles. The zero-order valence-corrected chi connectivity index (χ0v) is 52.8. The molecule has 0 saturated carbocycles. The molecule has 26 heteroatoms. The van der Waals surface area contributed by atoms with E-state index in [4.69, 9.17) is 42.9 Å². The number of carboxylic acid groups (broad SMARTS) is 1. The highest BCUT2D eigenvalue weighted by Gasteiger charge is 2.40. The minimum Gasteiger partial charge on any atom is -0.478 e. The quantitative estimate of drug-likeness (QED) is 0.0265. The SMILES string of the molecule is COC(OC)(OC)c1nc2ccc(C(=O)Cc3cccnc3)cc2n1CCCNC(=O)OC(C)(C)C.COC(OC)(OC)c1nc2ccc(C(=O)O)cc2n1CCCNC(=O)OC(C)(C)C.O=C(Cc1cccnc1)c1ccc2nc3n(c2c1)CCCNC3=O. The van der Waals surface area contributed by atoms with Crippen LogP contribution < -0.4 is 16.0 Å². The summed E-state index contributed by atoms with van der Waals surface area (Å²) in [5, 5.41) is 17.6. The van der Waals surface area contributed by atoms with E-state index in [9.17, 15) is 33.9 Å². The van der Waals surface area contributed by atoms with Crippen molar-refractivity contribution in [3.8, 4) is 0 Å². The average molecular weight is 1240 g/mol. The maximum absolute atomic E-state index is 13.0. The number of methoxy groups -OCH3 is 6. The lowest BCUT2D eigenvalue weighted by Gasteiger charge is -2.28. The Labute approximate surface area is 520 Å². The summed E-state index contributed by atoms with van der Waals surface area (Å²) in [5.74, 6) is -3.20. The lowest BCUT2D eigenvalue weighted by Crippen LogP contribution is -2.37. The summed E-state index contributed by atoms with van der Waals surface area (Å²) in [6, 6.07) is 22.8. The molecule has 26 nitrogen and oxygen atoms in total. The molecular weight excluding hydrogens is 1160 g/mol. The Morgan fingerprint density at radius 1 is 0.567 bits per heavy atom. The van der Waals surface area contributed by atoms with Gasteiger partial charge < -0.3 is 72.7 Å². The van der Waals surface area contributed by atoms with Crippen LogP contribution in [0.2, 0.25) is 0 Å². The number of imidazole rings is 3. The van der Waals surface area contributed by atoms with Crippen molar-refractivity contribution in [3.05, 3.63) is 149 Å². The van der Waals surface area contributed by atoms with E-state index in [1.807, 2.05) is 54.2 Å². The number of hydrogen-bond donors (Lipinski definition) is 4. The van der Waals surface area contributed by atoms with Crippen molar-refractivity contribution in [2.24, 2.45) is 0 Å². The van der Waals surface area contributed by atoms with Crippen molar-refractivity contribution in [1.82, 2.24) is 54.6 Å². The zero-order chi connectivity index (χ0) is 65.4. The van der Waals surface area contributed by atoms with Crippen LogP contribution >= 0.6 is 0 Å². The van der Waals surface area contributed by atoms with Crippen LogP contribution in [0.3, 0.4) is 0 Å². The van der Waals surface area contributed by atoms with Crippen molar-refractivity contribution in [1.29, 1.82) is 0 Å². The first-order chi connectivity index (χ1) is 42.9. The number of rotatable bonds is 23. The molecule has 0 fully saturated rings. The van der Waals surface area contributed by atoms with Crippen molar-refractivity contribution in [2.45, 2.75) is 116 Å². The number of fused-ring (bicyclic) bond motifs is 5. The highest BCUT2D eigenvalue weighted by molar-refractivity contribution is 6.02. The lowest BCUT2D eigenvalue weighted by molar-refractivity contribution is -0.370. The molecule has 4 N–H and O–H groups in total. The average Bonchev–Trinajstić information content (AvgIpc) is 1.67. The number of carbonyl (C=O) groups is 6. The van der Waals surface area contributed by atoms with E-state index >= 15 is 0 Å². The molecule has 1 aliphatic heterocycles. The number of aromatic nitrogens is 8. The van der Waals surface area contributed by atoms with Gasteiger partial charge in [-0.2, -0.15) is 0 Å². The van der Waals surface area contributed by atoms with Gasteiger partial charge in [0.1, 0.15) is 11.2 Å². The summed E-state index contributed by atoms with van der Waals surface area (Å²) in [5.41, 5.74) is 5.93. The number of pyridine rings is 2. The Morgan fingerprint density at radius 2 is 0.978 bits per heavy atom. The molecular formula is C64H79N11O15. The smallest absolute Gasteiger partial charge is 0.407 e. The number of carboxylic acids is 1. The van der Waals surface area contributed by atoms with E-state index < -0.39 is 41.3 Å². The fourth-order valence-electron chi connectivity index (χ4n) is 9.80. The van der Waals surface area contributed by atoms with Crippen LogP contribution in [-0.2, 0) is 82.3 Å². The number of aryl methyl sites for hydroxylation is 3. The van der Waals surface area contributed by atoms with Crippen LogP contribution in [0.5, 0.6) is 0 Å². The summed E-state index contributed by atoms with van der Waals surface area (Å²) < 4.78 is 49.0. The lowest BCUT2D eigenvalue weighted by atomic mass is 10.0. The van der Waals surface area contributed by atoms with Gasteiger partial charge in [-0.15, -0.1) is 0 Å². The molecule has 0 spiro atoms. The van der Waals surface area contributed by atoms with Crippen LogP contribution in [0.4, 0.5) is 9.59 Å². The van der Waals surface area contributed by atoms with E-state index in [1.54, 1.807) is 92.6 Å². The van der Waals surface area contributed by atoms with Gasteiger partial charge in [0.25, 0.3) is 5.91 Å². The molecule has 0 bridgehead atoms. The van der Waals surface area contributed by atoms with Gasteiger partial charge >= 0.3 is 30.1 Å². The number of aromatic carboxylic acids is 1. The van der Waals surface area contributed by atoms with E-state index in [-0.39, 0.29) is 29.5 Å². The first kappa shape index (κ1) is 68.4. The monoisotopic (exact) mass is 1240 g/mol. The molecule has 9 rings (SSSR count). The van der Waals surface area contributed by atoms with E-state index in [2.05, 4.69) is 35.9 Å². The van der Waals surface area contributed by atoms with Gasteiger partial charge in [0.2, 0.25) is 11.6 Å². The van der Waals surface area contributed by atoms with Gasteiger partial charge in [0.15, 0.2) is 17.4 Å². The molecule has 0 atom stereocenters. The van der Waals surface area contributed by atoms with Crippen LogP contribution in [0.15, 0.2) is 104 Å². The van der Waals surface area contributed by atoms with Crippen LogP contribution in [-0.4, -0.2) is 153 Å². The maximum atomic E-state index is 13.0. The Hall–Kier alpha value is -9.05. The highest BCUT2D eigenvalue weighted by atomic mass is 16.9. The molecule has 0 aliphatic carbocycles. The zero-order valence-electron chi connectivity index (χ0n) is 52.8. The Bertz CT molecular complexity index is 3770. The second-order valence-corrected chi connectivity index (χ2v) is 22.6. The highest BCUT2D eigenvalue weighted by Crippen LogP contribution is 2.33. The molecule has 0 saturated heterocycles. The second kappa shape index (κ2) is 30.4. The Kier molecular flexibility index (Phi) is 23.1. The number of Topliss-reactive ketones (excluding diaryl/α,β-unsaturated/α-hetero) is 2. The van der Waals surface area contributed by atoms with Crippen molar-refractivity contribution < 1.29 is 71.8 Å². The third-order valence-electron chi connectivity index (χ3n) is 14.0. The summed E-state index contributed by atoms with van der Waals surface area (Å²) >= 11 is 0. The predicted octanol–water partition coefficient (Wildman–Crippen LogP) is 8.51. The van der Waals surface area contributed by atoms with Crippen molar-refractivity contribution in [2.75, 3.05) is 62.3 Å². The maximum Gasteiger partial charge on any atom is 0.407 e. The van der Waals surface area contributed by atoms with Gasteiger partial charge in [-0.3, -0.25) is 24.4 Å². The minimum atomic E-state index is -1.57. The number of amides is 3. The molecule has 1 aliphatic rings. The number of ketones is 2. The molecule has 8 aromatic rings. The molecule has 6 heterocycles. The Morgan fingerprint density at radius 3 is 1.38 bits per heavy atom. The van der Waals surface area contributed by atoms with E-state index in [1.165, 1.54) is 54.8 Å². The molecule has 3 amide bonds. The topological polar surface area (TPSA) is 312 Å². The van der Waals surface area contributed by atoms with Gasteiger partial charge in [-0.1, -0.05) is 12.1 Å². The number of benzene rings is 3. The van der Waals surface area contributed by atoms with E-state index in [0.29, 0.717) is 104 Å². The van der Waals surface area contributed by atoms with Gasteiger partial charge in [-0.05, 0) is 139 Å². The van der Waals surface area contributed by atoms with Gasteiger partial charge in [-0.25, -0.2) is 29.3 Å². The third kappa shape index (κ3) is 17.2. The normalized spacial score (nSPS) is 12.6. The Balaban J connectivity index is 0.000000196. The van der Waals surface area contributed by atoms with E-state index in [0.717, 1.165) is 34.1 Å². The summed E-state index contributed by atoms with van der Waals surface area (Å²) in [4.78, 5) is 94.6. The standard InChI is InChI=1S/C26H34N4O6.C20H29N3O7.C18H16N4O2/c1-25(2,3)36-24(32)28-13-8-14-30-21-16-19(22(31)15-18-9-7-12-27-17-18)10-11-20(21)29-23(30)26(33-4,34-5)35-6;1-19(2,3)30-18(26)21-10-7-11-23-15-12-13(16(24)25)8-9-14(15)22-17(23)20(27-4,28-5)29-6;23-16(9-12-3-1-6-19-11-12)13-4-5-14-15(10-13)22-8-2-7-20-18(24)17(22)21-14/h7,9-12,16-17H,8,13-15H2,1-6H3,(H,28,32);8-9,12H,7,10-11H2,1-6H3,(H,21,26)(H,24,25);1,3-6,10-11H,2,7-9H2,(H,20,24). The molecule has 90 heavy (non-hydrogen) atoms. The predicted molar refractivity (Wildman–Crippen MR) is 331 cm³/mol. The third-order valence-corrected chi connectivity index (χ3v) is 14.0. The molecule has 0 radical (unpaired) electrons. The number of ether oxygens (including phenoxy) is 8. The first-order valence-corrected chi connectivity index (χ1v) is 29.0.